The quantitative estimate of drug-likeness (QED) is 0.913. The number of hydrogen-bond acceptors (Lipinski definition) is 3. The minimum absolute atomic E-state index is 0.831. The Kier molecular flexibility index (Phi) is 3.96. The second-order valence-electron chi connectivity index (χ2n) is 5.52. The Hall–Kier alpha value is -0.770. The van der Waals surface area contributed by atoms with Gasteiger partial charge in [0.15, 0.2) is 0 Å². The van der Waals surface area contributed by atoms with E-state index in [2.05, 4.69) is 27.2 Å². The molecule has 1 saturated carbocycles. The van der Waals surface area contributed by atoms with Crippen LogP contribution >= 0.6 is 11.6 Å². The standard InChI is InChI=1S/C15H22ClN3/c1-17-11-13-14(16)3-2-4-15(13)19-9-7-18(8-10-19)12-5-6-12/h2-4,12,17H,5-11H2,1H3. The fourth-order valence-electron chi connectivity index (χ4n) is 2.96. The van der Waals surface area contributed by atoms with Crippen LogP contribution in [0, 0.1) is 0 Å². The summed E-state index contributed by atoms with van der Waals surface area (Å²) < 4.78 is 0. The number of hydrogen-bond donors (Lipinski definition) is 1. The molecule has 104 valence electrons. The molecule has 2 fully saturated rings. The number of nitrogens with one attached hydrogen (secondary N) is 1. The number of benzene rings is 1. The maximum absolute atomic E-state index is 6.34. The van der Waals surface area contributed by atoms with Gasteiger partial charge in [0.05, 0.1) is 0 Å². The van der Waals surface area contributed by atoms with Crippen molar-refractivity contribution in [1.82, 2.24) is 10.2 Å². The molecule has 3 rings (SSSR count). The van der Waals surface area contributed by atoms with Crippen LogP contribution in [0.1, 0.15) is 18.4 Å². The Labute approximate surface area is 120 Å². The minimum Gasteiger partial charge on any atom is -0.369 e. The Morgan fingerprint density at radius 3 is 2.58 bits per heavy atom. The van der Waals surface area contributed by atoms with E-state index < -0.39 is 0 Å². The number of anilines is 1. The molecule has 1 aromatic rings. The molecule has 1 aliphatic heterocycles. The summed E-state index contributed by atoms with van der Waals surface area (Å²) in [5.41, 5.74) is 2.53. The zero-order chi connectivity index (χ0) is 13.2. The van der Waals surface area contributed by atoms with Gasteiger partial charge in [-0.05, 0) is 32.0 Å². The number of piperazine rings is 1. The van der Waals surface area contributed by atoms with Crippen molar-refractivity contribution in [2.45, 2.75) is 25.4 Å². The SMILES string of the molecule is CNCc1c(Cl)cccc1N1CCN(C2CC2)CC1. The van der Waals surface area contributed by atoms with Crippen LogP contribution in [0.4, 0.5) is 5.69 Å². The molecule has 0 radical (unpaired) electrons. The van der Waals surface area contributed by atoms with Gasteiger partial charge in [0, 0.05) is 55.0 Å². The molecule has 3 nitrogen and oxygen atoms in total. The van der Waals surface area contributed by atoms with Gasteiger partial charge in [0.25, 0.3) is 0 Å². The van der Waals surface area contributed by atoms with Crippen LogP contribution in [0.25, 0.3) is 0 Å². The maximum Gasteiger partial charge on any atom is 0.0471 e. The minimum atomic E-state index is 0.831. The van der Waals surface area contributed by atoms with E-state index in [1.165, 1.54) is 37.2 Å². The summed E-state index contributed by atoms with van der Waals surface area (Å²) in [4.78, 5) is 5.12. The number of nitrogens with zero attached hydrogens (tertiary/aromatic N) is 2. The van der Waals surface area contributed by atoms with Crippen LogP contribution in [0.3, 0.4) is 0 Å². The Balaban J connectivity index is 1.73. The third-order valence-corrected chi connectivity index (χ3v) is 4.52. The van der Waals surface area contributed by atoms with E-state index in [4.69, 9.17) is 11.6 Å². The first-order chi connectivity index (χ1) is 9.29. The molecule has 0 atom stereocenters. The molecule has 0 aromatic heterocycles. The third kappa shape index (κ3) is 2.88. The molecule has 1 aromatic carbocycles. The first-order valence-electron chi connectivity index (χ1n) is 7.20. The lowest BCUT2D eigenvalue weighted by atomic mass is 10.1. The molecule has 1 heterocycles. The van der Waals surface area contributed by atoms with Crippen molar-refractivity contribution in [3.63, 3.8) is 0 Å². The van der Waals surface area contributed by atoms with Crippen molar-refractivity contribution in [2.75, 3.05) is 38.1 Å². The van der Waals surface area contributed by atoms with Crippen LogP contribution in [-0.2, 0) is 6.54 Å². The van der Waals surface area contributed by atoms with Gasteiger partial charge >= 0.3 is 0 Å². The topological polar surface area (TPSA) is 18.5 Å². The molecule has 1 aliphatic carbocycles. The second kappa shape index (κ2) is 5.70. The van der Waals surface area contributed by atoms with Crippen molar-refractivity contribution in [2.24, 2.45) is 0 Å². The Morgan fingerprint density at radius 2 is 1.95 bits per heavy atom. The summed E-state index contributed by atoms with van der Waals surface area (Å²) in [6.07, 6.45) is 2.81. The van der Waals surface area contributed by atoms with Crippen molar-refractivity contribution in [3.05, 3.63) is 28.8 Å². The highest BCUT2D eigenvalue weighted by molar-refractivity contribution is 6.31. The molecule has 0 amide bonds. The summed E-state index contributed by atoms with van der Waals surface area (Å²) in [6.45, 7) is 5.45. The average Bonchev–Trinajstić information content (AvgIpc) is 3.26. The largest absolute Gasteiger partial charge is 0.369 e. The lowest BCUT2D eigenvalue weighted by Gasteiger charge is -2.37. The summed E-state index contributed by atoms with van der Waals surface area (Å²) in [7, 11) is 1.97. The van der Waals surface area contributed by atoms with E-state index in [1.54, 1.807) is 0 Å². The fraction of sp³-hybridized carbons (Fsp3) is 0.600. The molecule has 19 heavy (non-hydrogen) atoms. The van der Waals surface area contributed by atoms with Crippen molar-refractivity contribution >= 4 is 17.3 Å². The Morgan fingerprint density at radius 1 is 1.21 bits per heavy atom. The maximum atomic E-state index is 6.34. The molecule has 1 N–H and O–H groups in total. The predicted molar refractivity (Wildman–Crippen MR) is 81.0 cm³/mol. The van der Waals surface area contributed by atoms with Gasteiger partial charge in [-0.3, -0.25) is 4.90 Å². The summed E-state index contributed by atoms with van der Waals surface area (Å²) in [5, 5.41) is 4.09. The van der Waals surface area contributed by atoms with E-state index in [0.717, 1.165) is 30.7 Å². The van der Waals surface area contributed by atoms with Crippen LogP contribution in [0.5, 0.6) is 0 Å². The van der Waals surface area contributed by atoms with Gasteiger partial charge in [0.2, 0.25) is 0 Å². The number of rotatable bonds is 4. The molecule has 0 bridgehead atoms. The van der Waals surface area contributed by atoms with Crippen molar-refractivity contribution in [1.29, 1.82) is 0 Å². The van der Waals surface area contributed by atoms with Crippen molar-refractivity contribution in [3.8, 4) is 0 Å². The van der Waals surface area contributed by atoms with Crippen LogP contribution in [0.2, 0.25) is 5.02 Å². The van der Waals surface area contributed by atoms with E-state index >= 15 is 0 Å². The third-order valence-electron chi connectivity index (χ3n) is 4.17. The van der Waals surface area contributed by atoms with Crippen LogP contribution < -0.4 is 10.2 Å². The molecular weight excluding hydrogens is 258 g/mol. The van der Waals surface area contributed by atoms with Gasteiger partial charge in [-0.1, -0.05) is 17.7 Å². The van der Waals surface area contributed by atoms with Crippen LogP contribution in [-0.4, -0.2) is 44.2 Å². The summed E-state index contributed by atoms with van der Waals surface area (Å²) in [6, 6.07) is 7.13. The van der Waals surface area contributed by atoms with Gasteiger partial charge in [-0.25, -0.2) is 0 Å². The predicted octanol–water partition coefficient (Wildman–Crippen LogP) is 2.34. The zero-order valence-corrected chi connectivity index (χ0v) is 12.3. The molecule has 2 aliphatic rings. The first kappa shape index (κ1) is 13.2. The fourth-order valence-corrected chi connectivity index (χ4v) is 3.20. The highest BCUT2D eigenvalue weighted by Gasteiger charge is 2.31. The van der Waals surface area contributed by atoms with E-state index in [1.807, 2.05) is 13.1 Å². The van der Waals surface area contributed by atoms with Crippen molar-refractivity contribution < 1.29 is 0 Å². The summed E-state index contributed by atoms with van der Waals surface area (Å²) in [5.74, 6) is 0. The smallest absolute Gasteiger partial charge is 0.0471 e. The zero-order valence-electron chi connectivity index (χ0n) is 11.5. The van der Waals surface area contributed by atoms with Gasteiger partial charge in [-0.2, -0.15) is 0 Å². The Bertz CT molecular complexity index is 437. The van der Waals surface area contributed by atoms with Gasteiger partial charge < -0.3 is 10.2 Å². The van der Waals surface area contributed by atoms with Gasteiger partial charge in [-0.15, -0.1) is 0 Å². The van der Waals surface area contributed by atoms with E-state index in [9.17, 15) is 0 Å². The average molecular weight is 280 g/mol. The van der Waals surface area contributed by atoms with Gasteiger partial charge in [0.1, 0.15) is 0 Å². The van der Waals surface area contributed by atoms with Crippen LogP contribution in [0.15, 0.2) is 18.2 Å². The monoisotopic (exact) mass is 279 g/mol. The molecular formula is C15H22ClN3. The second-order valence-corrected chi connectivity index (χ2v) is 5.93. The lowest BCUT2D eigenvalue weighted by Crippen LogP contribution is -2.47. The van der Waals surface area contributed by atoms with E-state index in [0.29, 0.717) is 0 Å². The molecule has 4 heteroatoms. The number of halogens is 1. The molecule has 0 spiro atoms. The first-order valence-corrected chi connectivity index (χ1v) is 7.58. The lowest BCUT2D eigenvalue weighted by molar-refractivity contribution is 0.248. The molecule has 0 unspecified atom stereocenters. The summed E-state index contributed by atoms with van der Waals surface area (Å²) >= 11 is 6.34. The normalized spacial score (nSPS) is 20.8. The highest BCUT2D eigenvalue weighted by Crippen LogP contribution is 2.31. The highest BCUT2D eigenvalue weighted by atomic mass is 35.5. The molecule has 1 saturated heterocycles. The van der Waals surface area contributed by atoms with E-state index in [-0.39, 0.29) is 0 Å².